The van der Waals surface area contributed by atoms with Crippen molar-refractivity contribution in [1.29, 1.82) is 0 Å². The Balaban J connectivity index is -0.0000000352. The van der Waals surface area contributed by atoms with Gasteiger partial charge in [-0.2, -0.15) is 0 Å². The molecule has 0 aromatic heterocycles. The molecule has 0 saturated heterocycles. The van der Waals surface area contributed by atoms with Crippen molar-refractivity contribution in [2.24, 2.45) is 0 Å². The maximum absolute atomic E-state index is 9.63. The molecule has 0 saturated carbocycles. The predicted octanol–water partition coefficient (Wildman–Crippen LogP) is 3.15. The predicted molar refractivity (Wildman–Crippen MR) is 177 cm³/mol. The van der Waals surface area contributed by atoms with Gasteiger partial charge in [-0.05, 0) is 96.9 Å². The molecule has 0 N–H and O–H groups in total. The third-order valence-electron chi connectivity index (χ3n) is 0. The van der Waals surface area contributed by atoms with E-state index >= 15 is 0 Å². The molecule has 0 aliphatic carbocycles. The van der Waals surface area contributed by atoms with Gasteiger partial charge >= 0.3 is 0 Å². The number of rotatable bonds is 0. The number of sulfone groups is 3. The topological polar surface area (TPSA) is 222 Å². The van der Waals surface area contributed by atoms with Gasteiger partial charge in [-0.1, -0.05) is 0 Å². The van der Waals surface area contributed by atoms with Crippen molar-refractivity contribution in [2.75, 3.05) is 37.5 Å². The van der Waals surface area contributed by atoms with Gasteiger partial charge in [-0.3, -0.25) is 0 Å². The largest absolute Gasteiger partial charge is 0.300 e. The Morgan fingerprint density at radius 3 is 0.233 bits per heavy atom. The van der Waals surface area contributed by atoms with Crippen molar-refractivity contribution in [3.8, 4) is 0 Å². The maximum atomic E-state index is 9.63. The molecule has 0 bridgehead atoms. The smallest absolute Gasteiger partial charge is 0.144 e. The fourth-order valence-electron chi connectivity index (χ4n) is 0. The molecule has 0 rings (SSSR count). The molecular weight excluding hydrogens is 628 g/mol. The standard InChI is InChI=1S/7C3H6O.3C2H6O2S/c7*1-3(2)4;3*1-5(2,3)4/h7*1-2H3;3*1-2H3. The van der Waals surface area contributed by atoms with E-state index in [1.54, 1.807) is 0 Å². The van der Waals surface area contributed by atoms with Gasteiger partial charge in [0.25, 0.3) is 0 Å². The summed E-state index contributed by atoms with van der Waals surface area (Å²) in [5.41, 5.74) is 0. The van der Waals surface area contributed by atoms with E-state index in [1.807, 2.05) is 0 Å². The second-order valence-corrected chi connectivity index (χ2v) is 16.6. The van der Waals surface area contributed by atoms with E-state index in [2.05, 4.69) is 0 Å². The van der Waals surface area contributed by atoms with E-state index in [0.29, 0.717) is 0 Å². The first-order valence-electron chi connectivity index (χ1n) is 11.9. The quantitative estimate of drug-likeness (QED) is 0.357. The molecule has 43 heavy (non-hydrogen) atoms. The van der Waals surface area contributed by atoms with E-state index in [1.165, 1.54) is 96.9 Å². The average molecular weight is 689 g/mol. The van der Waals surface area contributed by atoms with Crippen LogP contribution in [0.1, 0.15) is 96.9 Å². The van der Waals surface area contributed by atoms with Gasteiger partial charge in [0.15, 0.2) is 0 Å². The van der Waals surface area contributed by atoms with Gasteiger partial charge in [0, 0.05) is 37.5 Å². The summed E-state index contributed by atoms with van der Waals surface area (Å²) in [6.45, 7) is 21.4. The Kier molecular flexibility index (Phi) is 69.5. The lowest BCUT2D eigenvalue weighted by atomic mass is 10.6. The van der Waals surface area contributed by atoms with Crippen LogP contribution in [0.2, 0.25) is 0 Å². The van der Waals surface area contributed by atoms with Crippen LogP contribution in [0.5, 0.6) is 0 Å². The molecule has 264 valence electrons. The highest BCUT2D eigenvalue weighted by atomic mass is 32.2. The number of carbonyl (C=O) groups is 7. The van der Waals surface area contributed by atoms with Gasteiger partial charge in [0.05, 0.1) is 0 Å². The van der Waals surface area contributed by atoms with Crippen molar-refractivity contribution >= 4 is 70.0 Å². The van der Waals surface area contributed by atoms with E-state index in [-0.39, 0.29) is 40.5 Å². The lowest BCUT2D eigenvalue weighted by molar-refractivity contribution is -0.115. The molecule has 0 aromatic carbocycles. The fraction of sp³-hybridized carbons (Fsp3) is 0.741. The van der Waals surface area contributed by atoms with Crippen LogP contribution >= 0.6 is 0 Å². The third kappa shape index (κ3) is 9210. The van der Waals surface area contributed by atoms with E-state index in [9.17, 15) is 58.8 Å². The van der Waals surface area contributed by atoms with Crippen LogP contribution in [0.15, 0.2) is 0 Å². The summed E-state index contributed by atoms with van der Waals surface area (Å²) in [4.78, 5) is 66.1. The number of hydrogen-bond donors (Lipinski definition) is 0. The minimum Gasteiger partial charge on any atom is -0.300 e. The minimum absolute atomic E-state index is 0.167. The maximum Gasteiger partial charge on any atom is 0.144 e. The molecule has 0 aromatic rings. The first kappa shape index (κ1) is 68.0. The zero-order valence-electron chi connectivity index (χ0n) is 30.0. The van der Waals surface area contributed by atoms with Crippen LogP contribution in [0.4, 0.5) is 0 Å². The average Bonchev–Trinajstić information content (AvgIpc) is 2.44. The Hall–Kier alpha value is -2.46. The van der Waals surface area contributed by atoms with Gasteiger partial charge in [-0.15, -0.1) is 0 Å². The van der Waals surface area contributed by atoms with Crippen LogP contribution in [0, 0.1) is 0 Å². The first-order valence-corrected chi connectivity index (χ1v) is 18.8. The highest BCUT2D eigenvalue weighted by molar-refractivity contribution is 7.90. The summed E-state index contributed by atoms with van der Waals surface area (Å²) in [7, 11) is -8.00. The highest BCUT2D eigenvalue weighted by Crippen LogP contribution is 1.63. The first-order chi connectivity index (χ1) is 18.1. The van der Waals surface area contributed by atoms with Crippen molar-refractivity contribution in [3.05, 3.63) is 0 Å². The van der Waals surface area contributed by atoms with E-state index in [4.69, 9.17) is 0 Å². The number of hydrogen-bond acceptors (Lipinski definition) is 13. The van der Waals surface area contributed by atoms with Crippen LogP contribution < -0.4 is 0 Å². The van der Waals surface area contributed by atoms with Crippen molar-refractivity contribution in [2.45, 2.75) is 96.9 Å². The summed E-state index contributed by atoms with van der Waals surface area (Å²) in [6.07, 6.45) is 6.96. The second-order valence-electron chi connectivity index (χ2n) is 9.79. The van der Waals surface area contributed by atoms with Crippen LogP contribution in [0.25, 0.3) is 0 Å². The number of carbonyl (C=O) groups excluding carboxylic acids is 7. The molecule has 16 heteroatoms. The molecule has 0 aliphatic rings. The SMILES string of the molecule is CC(C)=O.CC(C)=O.CC(C)=O.CC(C)=O.CC(C)=O.CC(C)=O.CC(C)=O.CS(C)(=O)=O.CS(C)(=O)=O.CS(C)(=O)=O. The minimum atomic E-state index is -2.67. The highest BCUT2D eigenvalue weighted by Gasteiger charge is 1.80. The lowest BCUT2D eigenvalue weighted by Crippen LogP contribution is -1.86. The molecule has 0 unspecified atom stereocenters. The Morgan fingerprint density at radius 2 is 0.233 bits per heavy atom. The van der Waals surface area contributed by atoms with E-state index < -0.39 is 29.5 Å². The summed E-state index contributed by atoms with van der Waals surface area (Å²) in [6, 6.07) is 0. The zero-order valence-corrected chi connectivity index (χ0v) is 32.5. The lowest BCUT2D eigenvalue weighted by Gasteiger charge is -1.69. The molecule has 0 radical (unpaired) electrons. The number of ketones is 7. The summed E-state index contributed by atoms with van der Waals surface area (Å²) >= 11 is 0. The molecular formula is C27H60O13S3. The Bertz CT molecular complexity index is 826. The van der Waals surface area contributed by atoms with Crippen molar-refractivity contribution in [1.82, 2.24) is 0 Å². The van der Waals surface area contributed by atoms with E-state index in [0.717, 1.165) is 37.5 Å². The molecule has 0 atom stereocenters. The molecule has 0 aliphatic heterocycles. The normalized spacial score (nSPS) is 8.28. The van der Waals surface area contributed by atoms with Gasteiger partial charge in [0.1, 0.15) is 70.0 Å². The molecule has 0 heterocycles. The Labute approximate surface area is 262 Å². The van der Waals surface area contributed by atoms with Crippen molar-refractivity contribution in [3.63, 3.8) is 0 Å². The Morgan fingerprint density at radius 1 is 0.233 bits per heavy atom. The number of Topliss-reactive ketones (excluding diaryl/α,β-unsaturated/α-hetero) is 7. The monoisotopic (exact) mass is 688 g/mol. The van der Waals surface area contributed by atoms with Crippen LogP contribution in [0.3, 0.4) is 0 Å². The van der Waals surface area contributed by atoms with Crippen LogP contribution in [-0.2, 0) is 63.1 Å². The molecule has 0 fully saturated rings. The zero-order chi connectivity index (χ0) is 38.5. The van der Waals surface area contributed by atoms with Gasteiger partial charge < -0.3 is 33.6 Å². The summed E-state index contributed by atoms with van der Waals surface area (Å²) in [5.74, 6) is 1.17. The van der Waals surface area contributed by atoms with Crippen LogP contribution in [-0.4, -0.2) is 103 Å². The van der Waals surface area contributed by atoms with Gasteiger partial charge in [0.2, 0.25) is 0 Å². The summed E-state index contributed by atoms with van der Waals surface area (Å²) in [5, 5.41) is 0. The summed E-state index contributed by atoms with van der Waals surface area (Å²) < 4.78 is 57.8. The van der Waals surface area contributed by atoms with Gasteiger partial charge in [-0.25, -0.2) is 25.3 Å². The molecule has 13 nitrogen and oxygen atoms in total. The molecule has 0 amide bonds. The second kappa shape index (κ2) is 44.0. The molecule has 0 spiro atoms. The third-order valence-corrected chi connectivity index (χ3v) is 0. The van der Waals surface area contributed by atoms with Crippen molar-refractivity contribution < 1.29 is 58.8 Å². The fourth-order valence-corrected chi connectivity index (χ4v) is 0.